The van der Waals surface area contributed by atoms with Gasteiger partial charge < -0.3 is 9.47 Å². The minimum Gasteiger partial charge on any atom is -0.379 e. The van der Waals surface area contributed by atoms with Crippen molar-refractivity contribution in [3.63, 3.8) is 0 Å². The van der Waals surface area contributed by atoms with Gasteiger partial charge in [-0.05, 0) is 33.2 Å². The zero-order valence-corrected chi connectivity index (χ0v) is 13.5. The van der Waals surface area contributed by atoms with E-state index >= 15 is 0 Å². The molecule has 3 heteroatoms. The van der Waals surface area contributed by atoms with E-state index in [1.165, 1.54) is 19.4 Å². The minimum absolute atomic E-state index is 0.728. The van der Waals surface area contributed by atoms with E-state index in [0.29, 0.717) is 0 Å². The molecule has 0 spiro atoms. The zero-order chi connectivity index (χ0) is 14.2. The smallest absolute Gasteiger partial charge is 0.0701 e. The number of rotatable bonds is 7. The Bertz CT molecular complexity index is 142. The summed E-state index contributed by atoms with van der Waals surface area (Å²) in [5, 5.41) is 0. The third-order valence-corrected chi connectivity index (χ3v) is 2.79. The van der Waals surface area contributed by atoms with Crippen LogP contribution in [0.25, 0.3) is 0 Å². The number of hydrogen-bond acceptors (Lipinski definition) is 3. The zero-order valence-electron chi connectivity index (χ0n) is 13.5. The Kier molecular flexibility index (Phi) is 18.9. The Morgan fingerprint density at radius 1 is 1.00 bits per heavy atom. The molecule has 0 aromatic rings. The van der Waals surface area contributed by atoms with Crippen molar-refractivity contribution in [2.24, 2.45) is 0 Å². The Morgan fingerprint density at radius 3 is 2.11 bits per heavy atom. The van der Waals surface area contributed by atoms with Gasteiger partial charge in [0, 0.05) is 19.2 Å². The van der Waals surface area contributed by atoms with E-state index in [1.807, 2.05) is 34.6 Å². The molecule has 0 aliphatic carbocycles. The highest BCUT2D eigenvalue weighted by molar-refractivity contribution is 4.74. The lowest BCUT2D eigenvalue weighted by Gasteiger charge is -2.20. The molecule has 112 valence electrons. The summed E-state index contributed by atoms with van der Waals surface area (Å²) in [4.78, 5) is 2.50. The van der Waals surface area contributed by atoms with E-state index < -0.39 is 0 Å². The van der Waals surface area contributed by atoms with Crippen LogP contribution < -0.4 is 0 Å². The molecule has 0 aromatic carbocycles. The normalized spacial score (nSPS) is 18.7. The highest BCUT2D eigenvalue weighted by Gasteiger charge is 2.18. The summed E-state index contributed by atoms with van der Waals surface area (Å²) < 4.78 is 10.7. The molecule has 18 heavy (non-hydrogen) atoms. The summed E-state index contributed by atoms with van der Waals surface area (Å²) in [6.45, 7) is 17.7. The minimum atomic E-state index is 0.728. The molecule has 0 bridgehead atoms. The van der Waals surface area contributed by atoms with Crippen LogP contribution in [0.4, 0.5) is 0 Å². The van der Waals surface area contributed by atoms with Crippen LogP contribution in [0.1, 0.15) is 54.4 Å². The van der Waals surface area contributed by atoms with Crippen molar-refractivity contribution in [2.75, 3.05) is 39.5 Å². The van der Waals surface area contributed by atoms with Crippen LogP contribution in [-0.4, -0.2) is 50.5 Å². The van der Waals surface area contributed by atoms with Crippen LogP contribution in [0.15, 0.2) is 0 Å². The van der Waals surface area contributed by atoms with Gasteiger partial charge in [0.1, 0.15) is 0 Å². The standard InChI is InChI=1S/C11H23NO2.2C2H6/c1-3-13-9-10-14-8-7-12-6-4-5-11(12)2;2*1-2/h11H,3-10H2,1-2H3;2*1-2H3/t11-;;/m1../s1. The number of hydrogen-bond donors (Lipinski definition) is 0. The van der Waals surface area contributed by atoms with E-state index in [9.17, 15) is 0 Å². The first-order valence-electron chi connectivity index (χ1n) is 7.74. The average Bonchev–Trinajstić information content (AvgIpc) is 2.84. The lowest BCUT2D eigenvalue weighted by Crippen LogP contribution is -2.30. The second-order valence-electron chi connectivity index (χ2n) is 3.84. The lowest BCUT2D eigenvalue weighted by molar-refractivity contribution is 0.0421. The Balaban J connectivity index is 0. The van der Waals surface area contributed by atoms with E-state index in [2.05, 4.69) is 11.8 Å². The van der Waals surface area contributed by atoms with Crippen molar-refractivity contribution in [1.82, 2.24) is 4.90 Å². The third kappa shape index (κ3) is 11.0. The van der Waals surface area contributed by atoms with Crippen molar-refractivity contribution < 1.29 is 9.47 Å². The Hall–Kier alpha value is -0.120. The fourth-order valence-electron chi connectivity index (χ4n) is 1.87. The highest BCUT2D eigenvalue weighted by Crippen LogP contribution is 2.15. The maximum absolute atomic E-state index is 5.48. The van der Waals surface area contributed by atoms with Crippen LogP contribution in [0.5, 0.6) is 0 Å². The molecular weight excluding hydrogens is 226 g/mol. The number of likely N-dealkylation sites (tertiary alicyclic amines) is 1. The van der Waals surface area contributed by atoms with Crippen LogP contribution in [0, 0.1) is 0 Å². The fraction of sp³-hybridized carbons (Fsp3) is 1.00. The molecule has 1 fully saturated rings. The van der Waals surface area contributed by atoms with Gasteiger partial charge in [0.2, 0.25) is 0 Å². The molecule has 0 unspecified atom stereocenters. The fourth-order valence-corrected chi connectivity index (χ4v) is 1.87. The van der Waals surface area contributed by atoms with Crippen molar-refractivity contribution in [3.05, 3.63) is 0 Å². The second-order valence-corrected chi connectivity index (χ2v) is 3.84. The van der Waals surface area contributed by atoms with Crippen LogP contribution in [0.3, 0.4) is 0 Å². The van der Waals surface area contributed by atoms with Crippen molar-refractivity contribution in [1.29, 1.82) is 0 Å². The maximum atomic E-state index is 5.48. The molecule has 1 saturated heterocycles. The predicted octanol–water partition coefficient (Wildman–Crippen LogP) is 3.58. The van der Waals surface area contributed by atoms with Crippen molar-refractivity contribution in [2.45, 2.75) is 60.4 Å². The van der Waals surface area contributed by atoms with Gasteiger partial charge in [0.15, 0.2) is 0 Å². The largest absolute Gasteiger partial charge is 0.379 e. The Morgan fingerprint density at radius 2 is 1.61 bits per heavy atom. The predicted molar refractivity (Wildman–Crippen MR) is 80.3 cm³/mol. The molecule has 1 aliphatic rings. The van der Waals surface area contributed by atoms with E-state index in [0.717, 1.165) is 39.0 Å². The van der Waals surface area contributed by atoms with Crippen molar-refractivity contribution >= 4 is 0 Å². The molecule has 1 rings (SSSR count). The van der Waals surface area contributed by atoms with Gasteiger partial charge >= 0.3 is 0 Å². The van der Waals surface area contributed by atoms with Gasteiger partial charge in [-0.25, -0.2) is 0 Å². The van der Waals surface area contributed by atoms with Gasteiger partial charge in [-0.3, -0.25) is 4.90 Å². The summed E-state index contributed by atoms with van der Waals surface area (Å²) in [6, 6.07) is 0.755. The van der Waals surface area contributed by atoms with Crippen LogP contribution >= 0.6 is 0 Å². The van der Waals surface area contributed by atoms with Crippen LogP contribution in [0.2, 0.25) is 0 Å². The first-order chi connectivity index (χ1) is 8.84. The molecule has 3 nitrogen and oxygen atoms in total. The molecule has 0 N–H and O–H groups in total. The van der Waals surface area contributed by atoms with Gasteiger partial charge in [-0.1, -0.05) is 27.7 Å². The summed E-state index contributed by atoms with van der Waals surface area (Å²) in [5.74, 6) is 0. The molecule has 1 aliphatic heterocycles. The van der Waals surface area contributed by atoms with Crippen molar-refractivity contribution in [3.8, 4) is 0 Å². The lowest BCUT2D eigenvalue weighted by atomic mass is 10.2. The van der Waals surface area contributed by atoms with E-state index in [4.69, 9.17) is 9.47 Å². The molecule has 0 saturated carbocycles. The third-order valence-electron chi connectivity index (χ3n) is 2.79. The van der Waals surface area contributed by atoms with Gasteiger partial charge in [-0.2, -0.15) is 0 Å². The summed E-state index contributed by atoms with van der Waals surface area (Å²) >= 11 is 0. The Labute approximate surface area is 115 Å². The van der Waals surface area contributed by atoms with E-state index in [-0.39, 0.29) is 0 Å². The summed E-state index contributed by atoms with van der Waals surface area (Å²) in [5.41, 5.74) is 0. The first-order valence-corrected chi connectivity index (χ1v) is 7.74. The topological polar surface area (TPSA) is 21.7 Å². The molecule has 1 heterocycles. The monoisotopic (exact) mass is 261 g/mol. The maximum Gasteiger partial charge on any atom is 0.0701 e. The molecule has 0 amide bonds. The number of nitrogens with zero attached hydrogens (tertiary/aromatic N) is 1. The molecule has 0 radical (unpaired) electrons. The summed E-state index contributed by atoms with van der Waals surface area (Å²) in [7, 11) is 0. The SMILES string of the molecule is CC.CC.CCOCCOCCN1CCC[C@H]1C. The highest BCUT2D eigenvalue weighted by atomic mass is 16.5. The first kappa shape index (κ1) is 20.2. The van der Waals surface area contributed by atoms with Gasteiger partial charge in [0.25, 0.3) is 0 Å². The quantitative estimate of drug-likeness (QED) is 0.654. The number of ether oxygens (including phenoxy) is 2. The second kappa shape index (κ2) is 16.9. The van der Waals surface area contributed by atoms with Gasteiger partial charge in [-0.15, -0.1) is 0 Å². The average molecular weight is 261 g/mol. The van der Waals surface area contributed by atoms with Gasteiger partial charge in [0.05, 0.1) is 19.8 Å². The molecular formula is C15H35NO2. The summed E-state index contributed by atoms with van der Waals surface area (Å²) in [6.07, 6.45) is 2.69. The van der Waals surface area contributed by atoms with Crippen LogP contribution in [-0.2, 0) is 9.47 Å². The molecule has 0 aromatic heterocycles. The molecule has 1 atom stereocenters. The van der Waals surface area contributed by atoms with E-state index in [1.54, 1.807) is 0 Å².